The van der Waals surface area contributed by atoms with Gasteiger partial charge in [0.15, 0.2) is 0 Å². The van der Waals surface area contributed by atoms with Gasteiger partial charge in [-0.1, -0.05) is 13.0 Å². The molecule has 2 aromatic heterocycles. The van der Waals surface area contributed by atoms with Crippen LogP contribution in [0.4, 0.5) is 5.82 Å². The number of anilines is 1. The summed E-state index contributed by atoms with van der Waals surface area (Å²) < 4.78 is 7.67. The average molecular weight is 343 g/mol. The molecule has 0 N–H and O–H groups in total. The van der Waals surface area contributed by atoms with E-state index in [1.165, 1.54) is 0 Å². The maximum atomic E-state index is 12.7. The molecule has 0 unspecified atom stereocenters. The Bertz CT molecular complexity index is 728. The molecule has 3 heterocycles. The molecule has 134 valence electrons. The third-order valence-corrected chi connectivity index (χ3v) is 4.21. The van der Waals surface area contributed by atoms with Crippen LogP contribution >= 0.6 is 0 Å². The number of hydrogen-bond donors (Lipinski definition) is 0. The molecule has 3 rings (SSSR count). The van der Waals surface area contributed by atoms with Crippen LogP contribution in [0.1, 0.15) is 35.6 Å². The van der Waals surface area contributed by atoms with Crippen molar-refractivity contribution in [2.75, 3.05) is 38.7 Å². The Balaban J connectivity index is 1.72. The number of ether oxygens (including phenoxy) is 1. The first-order valence-electron chi connectivity index (χ1n) is 8.67. The van der Waals surface area contributed by atoms with Crippen LogP contribution < -0.4 is 4.90 Å². The second-order valence-corrected chi connectivity index (χ2v) is 6.39. The molecule has 7 nitrogen and oxygen atoms in total. The molecule has 1 fully saturated rings. The molecule has 0 aliphatic carbocycles. The molecule has 2 aromatic rings. The number of pyridine rings is 1. The third-order valence-electron chi connectivity index (χ3n) is 4.21. The maximum Gasteiger partial charge on any atom is 0.274 e. The van der Waals surface area contributed by atoms with E-state index < -0.39 is 0 Å². The highest BCUT2D eigenvalue weighted by Gasteiger charge is 2.28. The average Bonchev–Trinajstić information content (AvgIpc) is 3.10. The Morgan fingerprint density at radius 2 is 2.20 bits per heavy atom. The summed E-state index contributed by atoms with van der Waals surface area (Å²) in [4.78, 5) is 21.1. The van der Waals surface area contributed by atoms with E-state index in [1.54, 1.807) is 11.0 Å². The number of amides is 1. The van der Waals surface area contributed by atoms with Crippen molar-refractivity contribution in [2.24, 2.45) is 0 Å². The summed E-state index contributed by atoms with van der Waals surface area (Å²) in [7, 11) is 3.91. The number of rotatable bonds is 5. The van der Waals surface area contributed by atoms with Crippen molar-refractivity contribution in [1.82, 2.24) is 19.7 Å². The molecular weight excluding hydrogens is 318 g/mol. The molecule has 1 aliphatic rings. The van der Waals surface area contributed by atoms with Gasteiger partial charge in [0.1, 0.15) is 17.6 Å². The molecule has 0 radical (unpaired) electrons. The van der Waals surface area contributed by atoms with E-state index in [-0.39, 0.29) is 12.0 Å². The standard InChI is InChI=1S/C18H25N5O2/c1-4-9-23-10-8-15(20-23)18(24)22-11-12-25-16(13-22)14-6-5-7-17(19-14)21(2)3/h5-8,10,16H,4,9,11-13H2,1-3H3/t16-/m0/s1. The second kappa shape index (κ2) is 7.65. The summed E-state index contributed by atoms with van der Waals surface area (Å²) in [6.07, 6.45) is 2.63. The van der Waals surface area contributed by atoms with Crippen LogP contribution in [-0.4, -0.2) is 59.4 Å². The highest BCUT2D eigenvalue weighted by Crippen LogP contribution is 2.23. The summed E-state index contributed by atoms with van der Waals surface area (Å²) in [5.41, 5.74) is 1.34. The highest BCUT2D eigenvalue weighted by molar-refractivity contribution is 5.92. The van der Waals surface area contributed by atoms with Gasteiger partial charge in [0, 0.05) is 33.4 Å². The summed E-state index contributed by atoms with van der Waals surface area (Å²) in [5.74, 6) is 0.828. The quantitative estimate of drug-likeness (QED) is 0.830. The van der Waals surface area contributed by atoms with Crippen molar-refractivity contribution in [3.63, 3.8) is 0 Å². The largest absolute Gasteiger partial charge is 0.368 e. The Hall–Kier alpha value is -2.41. The summed E-state index contributed by atoms with van der Waals surface area (Å²) in [6, 6.07) is 7.65. The first-order valence-corrected chi connectivity index (χ1v) is 8.67. The fourth-order valence-corrected chi connectivity index (χ4v) is 2.87. The monoisotopic (exact) mass is 343 g/mol. The summed E-state index contributed by atoms with van der Waals surface area (Å²) in [6.45, 7) is 4.47. The van der Waals surface area contributed by atoms with Crippen LogP contribution in [0.5, 0.6) is 0 Å². The minimum absolute atomic E-state index is 0.0492. The molecule has 25 heavy (non-hydrogen) atoms. The van der Waals surface area contributed by atoms with Gasteiger partial charge < -0.3 is 14.5 Å². The zero-order valence-corrected chi connectivity index (χ0v) is 15.1. The number of nitrogens with zero attached hydrogens (tertiary/aromatic N) is 5. The van der Waals surface area contributed by atoms with Gasteiger partial charge in [-0.25, -0.2) is 4.98 Å². The van der Waals surface area contributed by atoms with Crippen LogP contribution in [0.2, 0.25) is 0 Å². The number of carbonyl (C=O) groups excluding carboxylic acids is 1. The van der Waals surface area contributed by atoms with E-state index in [1.807, 2.05) is 48.1 Å². The van der Waals surface area contributed by atoms with E-state index in [9.17, 15) is 4.79 Å². The number of morpholine rings is 1. The Morgan fingerprint density at radius 1 is 1.36 bits per heavy atom. The SMILES string of the molecule is CCCn1ccc(C(=O)N2CCO[C@H](c3cccc(N(C)C)n3)C2)n1. The molecule has 1 saturated heterocycles. The van der Waals surface area contributed by atoms with Gasteiger partial charge in [-0.3, -0.25) is 9.48 Å². The van der Waals surface area contributed by atoms with Gasteiger partial charge in [0.2, 0.25) is 0 Å². The molecule has 1 aliphatic heterocycles. The number of carbonyl (C=O) groups is 1. The van der Waals surface area contributed by atoms with E-state index >= 15 is 0 Å². The number of aryl methyl sites for hydroxylation is 1. The number of aromatic nitrogens is 3. The van der Waals surface area contributed by atoms with E-state index in [2.05, 4.69) is 17.0 Å². The molecule has 0 aromatic carbocycles. The van der Waals surface area contributed by atoms with Crippen molar-refractivity contribution in [3.8, 4) is 0 Å². The van der Waals surface area contributed by atoms with Crippen LogP contribution in [0.25, 0.3) is 0 Å². The van der Waals surface area contributed by atoms with Crippen LogP contribution in [0.15, 0.2) is 30.5 Å². The van der Waals surface area contributed by atoms with Gasteiger partial charge >= 0.3 is 0 Å². The van der Waals surface area contributed by atoms with Gasteiger partial charge in [0.05, 0.1) is 18.8 Å². The molecule has 1 atom stereocenters. The van der Waals surface area contributed by atoms with E-state index in [0.717, 1.165) is 24.5 Å². The van der Waals surface area contributed by atoms with E-state index in [0.29, 0.717) is 25.4 Å². The van der Waals surface area contributed by atoms with Crippen molar-refractivity contribution in [3.05, 3.63) is 41.9 Å². The van der Waals surface area contributed by atoms with Crippen molar-refractivity contribution in [2.45, 2.75) is 26.0 Å². The molecule has 0 spiro atoms. The second-order valence-electron chi connectivity index (χ2n) is 6.39. The van der Waals surface area contributed by atoms with Gasteiger partial charge in [-0.2, -0.15) is 5.10 Å². The predicted molar refractivity (Wildman–Crippen MR) is 95.7 cm³/mol. The third kappa shape index (κ3) is 3.99. The molecule has 0 bridgehead atoms. The predicted octanol–water partition coefficient (Wildman–Crippen LogP) is 1.97. The Morgan fingerprint density at radius 3 is 2.96 bits per heavy atom. The molecular formula is C18H25N5O2. The topological polar surface area (TPSA) is 63.5 Å². The van der Waals surface area contributed by atoms with Gasteiger partial charge in [-0.05, 0) is 24.6 Å². The fraction of sp³-hybridized carbons (Fsp3) is 0.500. The normalized spacial score (nSPS) is 17.6. The number of hydrogen-bond acceptors (Lipinski definition) is 5. The Kier molecular flexibility index (Phi) is 5.33. The lowest BCUT2D eigenvalue weighted by atomic mass is 10.1. The summed E-state index contributed by atoms with van der Waals surface area (Å²) in [5, 5.41) is 4.37. The molecule has 1 amide bonds. The van der Waals surface area contributed by atoms with Crippen LogP contribution in [-0.2, 0) is 11.3 Å². The zero-order chi connectivity index (χ0) is 17.8. The minimum Gasteiger partial charge on any atom is -0.368 e. The first-order chi connectivity index (χ1) is 12.1. The van der Waals surface area contributed by atoms with Crippen molar-refractivity contribution in [1.29, 1.82) is 0 Å². The van der Waals surface area contributed by atoms with Crippen LogP contribution in [0, 0.1) is 0 Å². The van der Waals surface area contributed by atoms with Crippen molar-refractivity contribution < 1.29 is 9.53 Å². The lowest BCUT2D eigenvalue weighted by Gasteiger charge is -2.32. The smallest absolute Gasteiger partial charge is 0.274 e. The molecule has 0 saturated carbocycles. The van der Waals surface area contributed by atoms with Crippen molar-refractivity contribution >= 4 is 11.7 Å². The lowest BCUT2D eigenvalue weighted by Crippen LogP contribution is -2.42. The minimum atomic E-state index is -0.213. The fourth-order valence-electron chi connectivity index (χ4n) is 2.87. The van der Waals surface area contributed by atoms with E-state index in [4.69, 9.17) is 4.74 Å². The Labute approximate surface area is 148 Å². The lowest BCUT2D eigenvalue weighted by molar-refractivity contribution is -0.0249. The summed E-state index contributed by atoms with van der Waals surface area (Å²) >= 11 is 0. The maximum absolute atomic E-state index is 12.7. The zero-order valence-electron chi connectivity index (χ0n) is 15.1. The van der Waals surface area contributed by atoms with Crippen LogP contribution in [0.3, 0.4) is 0 Å². The first kappa shape index (κ1) is 17.4. The van der Waals surface area contributed by atoms with Gasteiger partial charge in [0.25, 0.3) is 5.91 Å². The van der Waals surface area contributed by atoms with Gasteiger partial charge in [-0.15, -0.1) is 0 Å². The molecule has 7 heteroatoms. The highest BCUT2D eigenvalue weighted by atomic mass is 16.5.